The van der Waals surface area contributed by atoms with Crippen molar-refractivity contribution in [3.05, 3.63) is 23.8 Å². The summed E-state index contributed by atoms with van der Waals surface area (Å²) in [6.07, 6.45) is 1.05. The number of aryl methyl sites for hydroxylation is 1. The Hall–Kier alpha value is -3.10. The lowest BCUT2D eigenvalue weighted by Gasteiger charge is -2.30. The molecule has 0 bridgehead atoms. The minimum Gasteiger partial charge on any atom is -0.495 e. The topological polar surface area (TPSA) is 119 Å². The number of piperidine rings is 1. The lowest BCUT2D eigenvalue weighted by Crippen LogP contribution is -2.43. The van der Waals surface area contributed by atoms with Crippen LogP contribution in [0.4, 0.5) is 5.69 Å². The van der Waals surface area contributed by atoms with Gasteiger partial charge in [0.1, 0.15) is 5.75 Å². The first kappa shape index (κ1) is 21.6. The summed E-state index contributed by atoms with van der Waals surface area (Å²) in [5.74, 6) is -1.74. The van der Waals surface area contributed by atoms with E-state index >= 15 is 0 Å². The maximum Gasteiger partial charge on any atom is 0.311 e. The van der Waals surface area contributed by atoms with Gasteiger partial charge in [-0.1, -0.05) is 6.07 Å². The van der Waals surface area contributed by atoms with Gasteiger partial charge >= 0.3 is 5.97 Å². The molecule has 1 atom stereocenters. The molecule has 1 aromatic rings. The van der Waals surface area contributed by atoms with E-state index in [0.717, 1.165) is 5.56 Å². The molecule has 0 radical (unpaired) electrons. The van der Waals surface area contributed by atoms with Gasteiger partial charge in [0.15, 0.2) is 6.61 Å². The number of ether oxygens (including phenoxy) is 2. The SMILES string of the molecule is COc1ccc(C)cc1N1C[C@H](C(=O)OCC(=O)N2CCC(C(N)=O)CC2)CC1=O. The van der Waals surface area contributed by atoms with E-state index in [1.165, 1.54) is 12.0 Å². The predicted octanol–water partition coefficient (Wildman–Crippen LogP) is 0.624. The highest BCUT2D eigenvalue weighted by molar-refractivity contribution is 6.00. The van der Waals surface area contributed by atoms with E-state index in [-0.39, 0.29) is 43.2 Å². The van der Waals surface area contributed by atoms with Crippen LogP contribution < -0.4 is 15.4 Å². The monoisotopic (exact) mass is 417 g/mol. The van der Waals surface area contributed by atoms with Crippen LogP contribution in [0.15, 0.2) is 18.2 Å². The van der Waals surface area contributed by atoms with Gasteiger partial charge in [-0.25, -0.2) is 0 Å². The number of esters is 1. The molecule has 0 unspecified atom stereocenters. The van der Waals surface area contributed by atoms with Gasteiger partial charge in [0.25, 0.3) is 5.91 Å². The Morgan fingerprint density at radius 1 is 1.17 bits per heavy atom. The first-order valence-corrected chi connectivity index (χ1v) is 9.99. The molecular formula is C21H27N3O6. The number of likely N-dealkylation sites (tertiary alicyclic amines) is 1. The highest BCUT2D eigenvalue weighted by atomic mass is 16.5. The number of hydrogen-bond acceptors (Lipinski definition) is 6. The molecule has 3 amide bonds. The fourth-order valence-corrected chi connectivity index (χ4v) is 3.86. The quantitative estimate of drug-likeness (QED) is 0.678. The van der Waals surface area contributed by atoms with Gasteiger partial charge in [-0.3, -0.25) is 19.2 Å². The third-order valence-corrected chi connectivity index (χ3v) is 5.67. The van der Waals surface area contributed by atoms with Crippen molar-refractivity contribution in [3.8, 4) is 5.75 Å². The van der Waals surface area contributed by atoms with Crippen LogP contribution in [0, 0.1) is 18.8 Å². The smallest absolute Gasteiger partial charge is 0.311 e. The predicted molar refractivity (Wildman–Crippen MR) is 108 cm³/mol. The standard InChI is InChI=1S/C21H27N3O6/c1-13-3-4-17(29-2)16(9-13)24-11-15(10-18(24)25)21(28)30-12-19(26)23-7-5-14(6-8-23)20(22)27/h3-4,9,14-15H,5-8,10-12H2,1-2H3,(H2,22,27)/t15-/m1/s1. The van der Waals surface area contributed by atoms with Crippen molar-refractivity contribution in [2.45, 2.75) is 26.2 Å². The number of rotatable bonds is 6. The molecule has 0 aliphatic carbocycles. The summed E-state index contributed by atoms with van der Waals surface area (Å²) < 4.78 is 10.5. The molecule has 2 aliphatic heterocycles. The largest absolute Gasteiger partial charge is 0.495 e. The van der Waals surface area contributed by atoms with Gasteiger partial charge in [-0.2, -0.15) is 0 Å². The number of benzene rings is 1. The molecule has 9 nitrogen and oxygen atoms in total. The third kappa shape index (κ3) is 4.72. The third-order valence-electron chi connectivity index (χ3n) is 5.67. The van der Waals surface area contributed by atoms with Gasteiger partial charge in [0.2, 0.25) is 11.8 Å². The van der Waals surface area contributed by atoms with Gasteiger partial charge < -0.3 is 25.0 Å². The fraction of sp³-hybridized carbons (Fsp3) is 0.524. The molecular weight excluding hydrogens is 390 g/mol. The van der Waals surface area contributed by atoms with Crippen molar-refractivity contribution in [1.82, 2.24) is 4.90 Å². The second-order valence-electron chi connectivity index (χ2n) is 7.75. The van der Waals surface area contributed by atoms with Gasteiger partial charge in [0, 0.05) is 32.0 Å². The minimum atomic E-state index is -0.642. The zero-order valence-corrected chi connectivity index (χ0v) is 17.3. The summed E-state index contributed by atoms with van der Waals surface area (Å²) in [7, 11) is 1.53. The highest BCUT2D eigenvalue weighted by Crippen LogP contribution is 2.34. The molecule has 0 aromatic heterocycles. The van der Waals surface area contributed by atoms with Crippen LogP contribution in [-0.2, 0) is 23.9 Å². The fourth-order valence-electron chi connectivity index (χ4n) is 3.86. The Bertz CT molecular complexity index is 847. The van der Waals surface area contributed by atoms with E-state index in [0.29, 0.717) is 37.4 Å². The number of hydrogen-bond donors (Lipinski definition) is 1. The normalized spacial score (nSPS) is 19.7. The molecule has 30 heavy (non-hydrogen) atoms. The molecule has 3 rings (SSSR count). The zero-order valence-electron chi connectivity index (χ0n) is 17.3. The van der Waals surface area contributed by atoms with Crippen molar-refractivity contribution in [2.75, 3.05) is 38.3 Å². The first-order valence-electron chi connectivity index (χ1n) is 9.99. The lowest BCUT2D eigenvalue weighted by atomic mass is 9.96. The maximum atomic E-state index is 12.5. The minimum absolute atomic E-state index is 0.0220. The molecule has 2 heterocycles. The van der Waals surface area contributed by atoms with Crippen LogP contribution >= 0.6 is 0 Å². The number of primary amides is 1. The van der Waals surface area contributed by atoms with E-state index in [1.807, 2.05) is 19.1 Å². The summed E-state index contributed by atoms with van der Waals surface area (Å²) >= 11 is 0. The Kier molecular flexibility index (Phi) is 6.59. The number of anilines is 1. The Morgan fingerprint density at radius 2 is 1.87 bits per heavy atom. The Morgan fingerprint density at radius 3 is 2.50 bits per heavy atom. The van der Waals surface area contributed by atoms with Crippen LogP contribution in [0.2, 0.25) is 0 Å². The summed E-state index contributed by atoms with van der Waals surface area (Å²) in [5.41, 5.74) is 6.88. The van der Waals surface area contributed by atoms with Gasteiger partial charge in [-0.05, 0) is 37.5 Å². The molecule has 9 heteroatoms. The van der Waals surface area contributed by atoms with Crippen LogP contribution in [0.3, 0.4) is 0 Å². The van der Waals surface area contributed by atoms with Crippen molar-refractivity contribution >= 4 is 29.4 Å². The van der Waals surface area contributed by atoms with E-state index in [1.54, 1.807) is 11.0 Å². The van der Waals surface area contributed by atoms with Crippen LogP contribution in [0.25, 0.3) is 0 Å². The molecule has 2 fully saturated rings. The van der Waals surface area contributed by atoms with Crippen LogP contribution in [0.1, 0.15) is 24.8 Å². The van der Waals surface area contributed by atoms with Crippen LogP contribution in [0.5, 0.6) is 5.75 Å². The number of nitrogens with zero attached hydrogens (tertiary/aromatic N) is 2. The van der Waals surface area contributed by atoms with E-state index in [2.05, 4.69) is 0 Å². The lowest BCUT2D eigenvalue weighted by molar-refractivity contribution is -0.155. The van der Waals surface area contributed by atoms with Crippen molar-refractivity contribution in [2.24, 2.45) is 17.6 Å². The highest BCUT2D eigenvalue weighted by Gasteiger charge is 2.37. The average Bonchev–Trinajstić information content (AvgIpc) is 3.13. The van der Waals surface area contributed by atoms with Crippen LogP contribution in [-0.4, -0.2) is 61.9 Å². The molecule has 2 aliphatic rings. The van der Waals surface area contributed by atoms with E-state index in [9.17, 15) is 19.2 Å². The number of carbonyl (C=O) groups excluding carboxylic acids is 4. The number of carbonyl (C=O) groups is 4. The summed E-state index contributed by atoms with van der Waals surface area (Å²) in [4.78, 5) is 51.6. The average molecular weight is 417 g/mol. The zero-order chi connectivity index (χ0) is 21.8. The molecule has 2 saturated heterocycles. The Labute approximate surface area is 175 Å². The molecule has 162 valence electrons. The number of methoxy groups -OCH3 is 1. The Balaban J connectivity index is 1.53. The van der Waals surface area contributed by atoms with Crippen molar-refractivity contribution in [3.63, 3.8) is 0 Å². The molecule has 2 N–H and O–H groups in total. The molecule has 0 spiro atoms. The van der Waals surface area contributed by atoms with Gasteiger partial charge in [0.05, 0.1) is 18.7 Å². The number of amides is 3. The summed E-state index contributed by atoms with van der Waals surface area (Å²) in [6, 6.07) is 5.50. The van der Waals surface area contributed by atoms with E-state index < -0.39 is 11.9 Å². The maximum absolute atomic E-state index is 12.5. The summed E-state index contributed by atoms with van der Waals surface area (Å²) in [6.45, 7) is 2.53. The van der Waals surface area contributed by atoms with Gasteiger partial charge in [-0.15, -0.1) is 0 Å². The number of nitrogens with two attached hydrogens (primary N) is 1. The first-order chi connectivity index (χ1) is 14.3. The second-order valence-corrected chi connectivity index (χ2v) is 7.75. The summed E-state index contributed by atoms with van der Waals surface area (Å²) in [5, 5.41) is 0. The van der Waals surface area contributed by atoms with Crippen molar-refractivity contribution < 1.29 is 28.7 Å². The second kappa shape index (κ2) is 9.15. The van der Waals surface area contributed by atoms with E-state index in [4.69, 9.17) is 15.2 Å². The molecule has 1 aromatic carbocycles. The molecule has 0 saturated carbocycles. The van der Waals surface area contributed by atoms with Crippen molar-refractivity contribution in [1.29, 1.82) is 0 Å².